The molecule has 0 spiro atoms. The van der Waals surface area contributed by atoms with E-state index in [1.807, 2.05) is 36.4 Å². The minimum atomic E-state index is 0.502. The lowest BCUT2D eigenvalue weighted by Crippen LogP contribution is -2.20. The van der Waals surface area contributed by atoms with Crippen LogP contribution in [0.4, 0.5) is 0 Å². The summed E-state index contributed by atoms with van der Waals surface area (Å²) in [4.78, 5) is 0. The SMILES string of the molecule is N#Cc1ccc2c(Cl)c(OCCNCc3ccco3)ccc2c1. The van der Waals surface area contributed by atoms with Gasteiger partial charge in [0.15, 0.2) is 0 Å². The first-order valence-electron chi connectivity index (χ1n) is 7.26. The Morgan fingerprint density at radius 2 is 2.13 bits per heavy atom. The van der Waals surface area contributed by atoms with Gasteiger partial charge in [0.05, 0.1) is 29.5 Å². The van der Waals surface area contributed by atoms with Gasteiger partial charge in [-0.3, -0.25) is 0 Å². The van der Waals surface area contributed by atoms with Crippen LogP contribution in [0.25, 0.3) is 10.8 Å². The Morgan fingerprint density at radius 3 is 2.91 bits per heavy atom. The van der Waals surface area contributed by atoms with Gasteiger partial charge >= 0.3 is 0 Å². The second-order valence-corrected chi connectivity index (χ2v) is 5.41. The fraction of sp³-hybridized carbons (Fsp3) is 0.167. The lowest BCUT2D eigenvalue weighted by Gasteiger charge is -2.10. The first-order valence-corrected chi connectivity index (χ1v) is 7.64. The molecule has 4 nitrogen and oxygen atoms in total. The van der Waals surface area contributed by atoms with E-state index in [1.165, 1.54) is 0 Å². The molecular weight excluding hydrogens is 312 g/mol. The van der Waals surface area contributed by atoms with Crippen LogP contribution in [0, 0.1) is 11.3 Å². The molecule has 0 fully saturated rings. The molecule has 0 aliphatic rings. The molecule has 0 atom stereocenters. The molecular formula is C18H15ClN2O2. The minimum absolute atomic E-state index is 0.502. The largest absolute Gasteiger partial charge is 0.491 e. The third kappa shape index (κ3) is 3.65. The molecule has 3 aromatic rings. The van der Waals surface area contributed by atoms with Crippen LogP contribution in [0.3, 0.4) is 0 Å². The van der Waals surface area contributed by atoms with Crippen molar-refractivity contribution in [3.05, 3.63) is 65.1 Å². The fourth-order valence-electron chi connectivity index (χ4n) is 2.31. The van der Waals surface area contributed by atoms with E-state index in [0.29, 0.717) is 36.0 Å². The van der Waals surface area contributed by atoms with Crippen LogP contribution >= 0.6 is 11.6 Å². The van der Waals surface area contributed by atoms with E-state index in [1.54, 1.807) is 12.3 Å². The Hall–Kier alpha value is -2.48. The maximum atomic E-state index is 8.93. The number of rotatable bonds is 6. The van der Waals surface area contributed by atoms with Crippen LogP contribution in [0.1, 0.15) is 11.3 Å². The van der Waals surface area contributed by atoms with E-state index < -0.39 is 0 Å². The predicted molar refractivity (Wildman–Crippen MR) is 89.6 cm³/mol. The van der Waals surface area contributed by atoms with Crippen LogP contribution in [0.15, 0.2) is 53.1 Å². The van der Waals surface area contributed by atoms with Crippen molar-refractivity contribution in [2.75, 3.05) is 13.2 Å². The molecule has 0 aliphatic carbocycles. The number of furan rings is 1. The molecule has 0 saturated heterocycles. The first kappa shape index (κ1) is 15.4. The number of benzene rings is 2. The van der Waals surface area contributed by atoms with Crippen LogP contribution in [0.2, 0.25) is 5.02 Å². The molecule has 0 aliphatic heterocycles. The van der Waals surface area contributed by atoms with Gasteiger partial charge in [-0.05, 0) is 35.7 Å². The van der Waals surface area contributed by atoms with Gasteiger partial charge in [0.25, 0.3) is 0 Å². The third-order valence-corrected chi connectivity index (χ3v) is 3.85. The van der Waals surface area contributed by atoms with Gasteiger partial charge in [-0.2, -0.15) is 5.26 Å². The van der Waals surface area contributed by atoms with Gasteiger partial charge < -0.3 is 14.5 Å². The Balaban J connectivity index is 1.59. The summed E-state index contributed by atoms with van der Waals surface area (Å²) in [6.45, 7) is 1.85. The summed E-state index contributed by atoms with van der Waals surface area (Å²) in [5.74, 6) is 1.53. The van der Waals surface area contributed by atoms with Crippen molar-refractivity contribution < 1.29 is 9.15 Å². The number of nitriles is 1. The van der Waals surface area contributed by atoms with Gasteiger partial charge in [0, 0.05) is 11.9 Å². The van der Waals surface area contributed by atoms with Crippen LogP contribution in [-0.4, -0.2) is 13.2 Å². The molecule has 1 heterocycles. The van der Waals surface area contributed by atoms with E-state index in [0.717, 1.165) is 16.5 Å². The van der Waals surface area contributed by atoms with E-state index in [4.69, 9.17) is 26.0 Å². The third-order valence-electron chi connectivity index (χ3n) is 3.46. The number of nitrogens with zero attached hydrogens (tertiary/aromatic N) is 1. The van der Waals surface area contributed by atoms with Crippen molar-refractivity contribution in [1.29, 1.82) is 5.26 Å². The van der Waals surface area contributed by atoms with E-state index in [-0.39, 0.29) is 0 Å². The molecule has 3 rings (SSSR count). The van der Waals surface area contributed by atoms with E-state index in [9.17, 15) is 0 Å². The van der Waals surface area contributed by atoms with Crippen molar-refractivity contribution >= 4 is 22.4 Å². The summed E-state index contributed by atoms with van der Waals surface area (Å²) in [6.07, 6.45) is 1.65. The number of halogens is 1. The Bertz CT molecular complexity index is 838. The number of ether oxygens (including phenoxy) is 1. The summed E-state index contributed by atoms with van der Waals surface area (Å²) in [6, 6.07) is 15.1. The zero-order valence-corrected chi connectivity index (χ0v) is 13.1. The topological polar surface area (TPSA) is 58.2 Å². The van der Waals surface area contributed by atoms with Gasteiger partial charge in [0.1, 0.15) is 18.1 Å². The molecule has 0 bridgehead atoms. The van der Waals surface area contributed by atoms with Gasteiger partial charge in [-0.15, -0.1) is 0 Å². The standard InChI is InChI=1S/C18H15ClN2O2/c19-18-16-5-3-13(11-20)10-14(16)4-6-17(18)23-9-7-21-12-15-2-1-8-22-15/h1-6,8,10,21H,7,9,12H2. The predicted octanol–water partition coefficient (Wildman–Crippen LogP) is 4.13. The first-order chi connectivity index (χ1) is 11.3. The summed E-state index contributed by atoms with van der Waals surface area (Å²) in [7, 11) is 0. The van der Waals surface area contributed by atoms with Crippen LogP contribution < -0.4 is 10.1 Å². The molecule has 0 saturated carbocycles. The number of hydrogen-bond acceptors (Lipinski definition) is 4. The molecule has 1 N–H and O–H groups in total. The highest BCUT2D eigenvalue weighted by Crippen LogP contribution is 2.33. The highest BCUT2D eigenvalue weighted by molar-refractivity contribution is 6.37. The quantitative estimate of drug-likeness (QED) is 0.692. The van der Waals surface area contributed by atoms with Crippen molar-refractivity contribution in [3.63, 3.8) is 0 Å². The van der Waals surface area contributed by atoms with Crippen LogP contribution in [0.5, 0.6) is 5.75 Å². The second kappa shape index (κ2) is 7.19. The van der Waals surface area contributed by atoms with Crippen molar-refractivity contribution in [1.82, 2.24) is 5.32 Å². The van der Waals surface area contributed by atoms with Crippen LogP contribution in [-0.2, 0) is 6.54 Å². The summed E-state index contributed by atoms with van der Waals surface area (Å²) in [5, 5.41) is 14.5. The Morgan fingerprint density at radius 1 is 1.22 bits per heavy atom. The average molecular weight is 327 g/mol. The smallest absolute Gasteiger partial charge is 0.138 e. The lowest BCUT2D eigenvalue weighted by atomic mass is 10.1. The zero-order valence-electron chi connectivity index (χ0n) is 12.4. The van der Waals surface area contributed by atoms with Gasteiger partial charge in [-0.25, -0.2) is 0 Å². The Labute approximate surface area is 139 Å². The average Bonchev–Trinajstić information content (AvgIpc) is 3.09. The molecule has 116 valence electrons. The second-order valence-electron chi connectivity index (χ2n) is 5.03. The summed E-state index contributed by atoms with van der Waals surface area (Å²) in [5.41, 5.74) is 0.615. The highest BCUT2D eigenvalue weighted by atomic mass is 35.5. The fourth-order valence-corrected chi connectivity index (χ4v) is 2.60. The normalized spacial score (nSPS) is 10.6. The van der Waals surface area contributed by atoms with Gasteiger partial charge in [-0.1, -0.05) is 23.7 Å². The molecule has 2 aromatic carbocycles. The molecule has 0 unspecified atom stereocenters. The van der Waals surface area contributed by atoms with Gasteiger partial charge in [0.2, 0.25) is 0 Å². The van der Waals surface area contributed by atoms with Crippen molar-refractivity contribution in [2.45, 2.75) is 6.54 Å². The maximum absolute atomic E-state index is 8.93. The number of fused-ring (bicyclic) bond motifs is 1. The van der Waals surface area contributed by atoms with E-state index >= 15 is 0 Å². The summed E-state index contributed by atoms with van der Waals surface area (Å²) < 4.78 is 11.0. The monoisotopic (exact) mass is 326 g/mol. The highest BCUT2D eigenvalue weighted by Gasteiger charge is 2.07. The molecule has 0 radical (unpaired) electrons. The zero-order chi connectivity index (χ0) is 16.1. The number of nitrogens with one attached hydrogen (secondary N) is 1. The molecule has 0 amide bonds. The lowest BCUT2D eigenvalue weighted by molar-refractivity contribution is 0.311. The van der Waals surface area contributed by atoms with E-state index in [2.05, 4.69) is 11.4 Å². The van der Waals surface area contributed by atoms with Crippen molar-refractivity contribution in [2.24, 2.45) is 0 Å². The molecule has 23 heavy (non-hydrogen) atoms. The maximum Gasteiger partial charge on any atom is 0.138 e. The number of hydrogen-bond donors (Lipinski definition) is 1. The summed E-state index contributed by atoms with van der Waals surface area (Å²) >= 11 is 6.39. The molecule has 1 aromatic heterocycles. The minimum Gasteiger partial charge on any atom is -0.491 e. The van der Waals surface area contributed by atoms with Crippen molar-refractivity contribution in [3.8, 4) is 11.8 Å². The molecule has 5 heteroatoms. The Kier molecular flexibility index (Phi) is 4.82.